The molecule has 1 aromatic rings. The number of hydrogen-bond acceptors (Lipinski definition) is 3. The highest BCUT2D eigenvalue weighted by molar-refractivity contribution is 9.10. The van der Waals surface area contributed by atoms with Crippen LogP contribution in [-0.2, 0) is 4.79 Å². The van der Waals surface area contributed by atoms with Gasteiger partial charge in [0.15, 0.2) is 0 Å². The maximum Gasteiger partial charge on any atom is 0.238 e. The minimum atomic E-state index is -0.353. The molecule has 0 fully saturated rings. The molecule has 4 nitrogen and oxygen atoms in total. The lowest BCUT2D eigenvalue weighted by atomic mass is 10.3. The van der Waals surface area contributed by atoms with E-state index in [9.17, 15) is 4.79 Å². The zero-order valence-electron chi connectivity index (χ0n) is 8.08. The van der Waals surface area contributed by atoms with Crippen LogP contribution in [0.25, 0.3) is 0 Å². The van der Waals surface area contributed by atoms with Gasteiger partial charge in [0.2, 0.25) is 5.91 Å². The van der Waals surface area contributed by atoms with Gasteiger partial charge in [-0.2, -0.15) is 5.26 Å². The summed E-state index contributed by atoms with van der Waals surface area (Å²) in [6, 6.07) is 7.02. The second kappa shape index (κ2) is 5.37. The van der Waals surface area contributed by atoms with E-state index < -0.39 is 0 Å². The molecule has 5 heteroatoms. The lowest BCUT2D eigenvalue weighted by Crippen LogP contribution is -2.10. The zero-order chi connectivity index (χ0) is 11.3. The Morgan fingerprint density at radius 1 is 1.67 bits per heavy atom. The van der Waals surface area contributed by atoms with Crippen molar-refractivity contribution >= 4 is 27.5 Å². The Kier molecular flexibility index (Phi) is 4.13. The molecule has 0 aromatic heterocycles. The average molecular weight is 269 g/mol. The average Bonchev–Trinajstić information content (AvgIpc) is 2.18. The van der Waals surface area contributed by atoms with Gasteiger partial charge in [-0.05, 0) is 18.2 Å². The first-order valence-corrected chi connectivity index (χ1v) is 4.97. The van der Waals surface area contributed by atoms with Crippen molar-refractivity contribution in [3.63, 3.8) is 0 Å². The topological polar surface area (TPSA) is 62.1 Å². The number of benzene rings is 1. The molecule has 15 heavy (non-hydrogen) atoms. The zero-order valence-corrected chi connectivity index (χ0v) is 9.67. The fourth-order valence-electron chi connectivity index (χ4n) is 1.04. The molecule has 0 saturated carbocycles. The van der Waals surface area contributed by atoms with E-state index in [0.29, 0.717) is 11.4 Å². The van der Waals surface area contributed by atoms with Crippen molar-refractivity contribution in [2.45, 2.75) is 6.42 Å². The Morgan fingerprint density at radius 3 is 3.00 bits per heavy atom. The van der Waals surface area contributed by atoms with E-state index in [1.54, 1.807) is 24.3 Å². The molecule has 1 N–H and O–H groups in total. The Balaban J connectivity index is 2.88. The highest BCUT2D eigenvalue weighted by Gasteiger charge is 2.07. The molecule has 0 radical (unpaired) electrons. The van der Waals surface area contributed by atoms with Gasteiger partial charge in [0.1, 0.15) is 12.2 Å². The number of rotatable bonds is 3. The number of halogens is 1. The summed E-state index contributed by atoms with van der Waals surface area (Å²) in [7, 11) is 1.52. The lowest BCUT2D eigenvalue weighted by molar-refractivity contribution is -0.115. The Labute approximate surface area is 96.0 Å². The van der Waals surface area contributed by atoms with Crippen molar-refractivity contribution < 1.29 is 9.53 Å². The Bertz CT molecular complexity index is 412. The van der Waals surface area contributed by atoms with E-state index >= 15 is 0 Å². The lowest BCUT2D eigenvalue weighted by Gasteiger charge is -2.09. The maximum absolute atomic E-state index is 11.2. The summed E-state index contributed by atoms with van der Waals surface area (Å²) >= 11 is 3.28. The monoisotopic (exact) mass is 268 g/mol. The fraction of sp³-hybridized carbons (Fsp3) is 0.200. The van der Waals surface area contributed by atoms with Crippen LogP contribution in [0.4, 0.5) is 5.69 Å². The van der Waals surface area contributed by atoms with Crippen LogP contribution in [0.1, 0.15) is 6.42 Å². The first-order chi connectivity index (χ1) is 7.17. The van der Waals surface area contributed by atoms with Crippen LogP contribution >= 0.6 is 15.9 Å². The quantitative estimate of drug-likeness (QED) is 0.915. The van der Waals surface area contributed by atoms with Crippen LogP contribution in [0.5, 0.6) is 5.75 Å². The molecular formula is C10H9BrN2O2. The number of hydrogen-bond donors (Lipinski definition) is 1. The molecule has 0 saturated heterocycles. The summed E-state index contributed by atoms with van der Waals surface area (Å²) in [6.45, 7) is 0. The van der Waals surface area contributed by atoms with Gasteiger partial charge >= 0.3 is 0 Å². The van der Waals surface area contributed by atoms with E-state index in [1.807, 2.05) is 0 Å². The molecule has 0 atom stereocenters. The number of anilines is 1. The molecule has 1 amide bonds. The predicted octanol–water partition coefficient (Wildman–Crippen LogP) is 2.31. The third-order valence-electron chi connectivity index (χ3n) is 1.68. The number of nitrogens with one attached hydrogen (secondary N) is 1. The van der Waals surface area contributed by atoms with Gasteiger partial charge in [-0.15, -0.1) is 0 Å². The third-order valence-corrected chi connectivity index (χ3v) is 2.17. The number of amides is 1. The van der Waals surface area contributed by atoms with Gasteiger partial charge in [-0.25, -0.2) is 0 Å². The van der Waals surface area contributed by atoms with Crippen LogP contribution in [0.3, 0.4) is 0 Å². The molecule has 1 rings (SSSR count). The largest absolute Gasteiger partial charge is 0.495 e. The van der Waals surface area contributed by atoms with Gasteiger partial charge in [-0.3, -0.25) is 4.79 Å². The molecule has 0 spiro atoms. The first kappa shape index (κ1) is 11.5. The van der Waals surface area contributed by atoms with Gasteiger partial charge in [0.25, 0.3) is 0 Å². The molecule has 0 aliphatic heterocycles. The van der Waals surface area contributed by atoms with Crippen molar-refractivity contribution in [2.24, 2.45) is 0 Å². The number of nitriles is 1. The summed E-state index contributed by atoms with van der Waals surface area (Å²) in [5.74, 6) is 0.207. The van der Waals surface area contributed by atoms with Crippen LogP contribution in [-0.4, -0.2) is 13.0 Å². The van der Waals surface area contributed by atoms with Crippen molar-refractivity contribution in [3.05, 3.63) is 22.7 Å². The molecule has 0 heterocycles. The van der Waals surface area contributed by atoms with Crippen molar-refractivity contribution in [2.75, 3.05) is 12.4 Å². The summed E-state index contributed by atoms with van der Waals surface area (Å²) in [4.78, 5) is 11.2. The second-order valence-corrected chi connectivity index (χ2v) is 3.64. The molecule has 0 aliphatic rings. The number of methoxy groups -OCH3 is 1. The number of nitrogens with zero attached hydrogens (tertiary/aromatic N) is 1. The smallest absolute Gasteiger partial charge is 0.238 e. The molecule has 0 aliphatic carbocycles. The van der Waals surface area contributed by atoms with E-state index in [0.717, 1.165) is 4.47 Å². The van der Waals surface area contributed by atoms with E-state index in [-0.39, 0.29) is 12.3 Å². The summed E-state index contributed by atoms with van der Waals surface area (Å²) < 4.78 is 5.89. The second-order valence-electron chi connectivity index (χ2n) is 2.73. The maximum atomic E-state index is 11.2. The van der Waals surface area contributed by atoms with Crippen LogP contribution in [0.2, 0.25) is 0 Å². The highest BCUT2D eigenvalue weighted by Crippen LogP contribution is 2.27. The molecule has 78 valence electrons. The Morgan fingerprint density at radius 2 is 2.40 bits per heavy atom. The standard InChI is InChI=1S/C10H9BrN2O2/c1-15-9-3-2-7(11)6-8(9)13-10(14)4-5-12/h2-3,6H,4H2,1H3,(H,13,14). The number of carbonyl (C=O) groups is 1. The van der Waals surface area contributed by atoms with Crippen molar-refractivity contribution in [1.82, 2.24) is 0 Å². The first-order valence-electron chi connectivity index (χ1n) is 4.17. The minimum absolute atomic E-state index is 0.171. The summed E-state index contributed by atoms with van der Waals surface area (Å²) in [5, 5.41) is 10.9. The van der Waals surface area contributed by atoms with Gasteiger partial charge in [0.05, 0.1) is 18.9 Å². The van der Waals surface area contributed by atoms with Crippen molar-refractivity contribution in [1.29, 1.82) is 5.26 Å². The highest BCUT2D eigenvalue weighted by atomic mass is 79.9. The molecule has 1 aromatic carbocycles. The van der Waals surface area contributed by atoms with Gasteiger partial charge < -0.3 is 10.1 Å². The van der Waals surface area contributed by atoms with Crippen LogP contribution in [0, 0.1) is 11.3 Å². The van der Waals surface area contributed by atoms with Crippen LogP contribution in [0.15, 0.2) is 22.7 Å². The van der Waals surface area contributed by atoms with Crippen molar-refractivity contribution in [3.8, 4) is 11.8 Å². The van der Waals surface area contributed by atoms with E-state index in [4.69, 9.17) is 10.00 Å². The molecule has 0 bridgehead atoms. The Hall–Kier alpha value is -1.54. The SMILES string of the molecule is COc1ccc(Br)cc1NC(=O)CC#N. The predicted molar refractivity (Wildman–Crippen MR) is 59.6 cm³/mol. The van der Waals surface area contributed by atoms with Crippen LogP contribution < -0.4 is 10.1 Å². The van der Waals surface area contributed by atoms with Gasteiger partial charge in [0, 0.05) is 4.47 Å². The third kappa shape index (κ3) is 3.26. The number of carbonyl (C=O) groups excluding carboxylic acids is 1. The van der Waals surface area contributed by atoms with E-state index in [2.05, 4.69) is 21.2 Å². The fourth-order valence-corrected chi connectivity index (χ4v) is 1.41. The minimum Gasteiger partial charge on any atom is -0.495 e. The molecular weight excluding hydrogens is 260 g/mol. The molecule has 0 unspecified atom stereocenters. The number of ether oxygens (including phenoxy) is 1. The van der Waals surface area contributed by atoms with Gasteiger partial charge in [-0.1, -0.05) is 15.9 Å². The summed E-state index contributed by atoms with van der Waals surface area (Å²) in [6.07, 6.45) is -0.171. The summed E-state index contributed by atoms with van der Waals surface area (Å²) in [5.41, 5.74) is 0.548. The van der Waals surface area contributed by atoms with E-state index in [1.165, 1.54) is 7.11 Å². The normalized spacial score (nSPS) is 9.13.